The maximum Gasteiger partial charge on any atom is 0.105 e. The molecule has 0 aliphatic rings. The highest BCUT2D eigenvalue weighted by Gasteiger charge is 2.16. The number of aromatic nitrogens is 4. The van der Waals surface area contributed by atoms with Gasteiger partial charge < -0.3 is 5.32 Å². The Morgan fingerprint density at radius 3 is 2.52 bits per heavy atom. The number of hydrogen-bond acceptors (Lipinski definition) is 4. The number of para-hydroxylation sites is 1. The van der Waals surface area contributed by atoms with Crippen LogP contribution in [0.2, 0.25) is 0 Å². The van der Waals surface area contributed by atoms with Crippen LogP contribution in [0.4, 0.5) is 0 Å². The maximum atomic E-state index is 4.57. The molecule has 5 nitrogen and oxygen atoms in total. The number of pyridine rings is 1. The molecule has 1 aromatic carbocycles. The summed E-state index contributed by atoms with van der Waals surface area (Å²) in [4.78, 5) is 5.98. The van der Waals surface area contributed by atoms with Crippen molar-refractivity contribution in [2.24, 2.45) is 0 Å². The molecule has 1 N–H and O–H groups in total. The highest BCUT2D eigenvalue weighted by atomic mass is 15.5. The molecule has 0 radical (unpaired) electrons. The van der Waals surface area contributed by atoms with Gasteiger partial charge in [0.05, 0.1) is 17.9 Å². The first-order valence-corrected chi connectivity index (χ1v) is 6.85. The Labute approximate surface area is 123 Å². The smallest absolute Gasteiger partial charge is 0.105 e. The Kier molecular flexibility index (Phi) is 3.75. The number of hydrogen-bond donors (Lipinski definition) is 1. The second-order valence-electron chi connectivity index (χ2n) is 4.85. The molecule has 1 unspecified atom stereocenters. The molecule has 21 heavy (non-hydrogen) atoms. The largest absolute Gasteiger partial charge is 0.308 e. The predicted molar refractivity (Wildman–Crippen MR) is 81.2 cm³/mol. The third kappa shape index (κ3) is 2.83. The van der Waals surface area contributed by atoms with Crippen LogP contribution in [-0.4, -0.2) is 27.0 Å². The van der Waals surface area contributed by atoms with Gasteiger partial charge in [-0.2, -0.15) is 15.0 Å². The number of benzene rings is 1. The molecule has 3 rings (SSSR count). The fraction of sp³-hybridized carbons (Fsp3) is 0.188. The van der Waals surface area contributed by atoms with Crippen LogP contribution >= 0.6 is 0 Å². The molecule has 0 fully saturated rings. The van der Waals surface area contributed by atoms with Crippen molar-refractivity contribution in [3.63, 3.8) is 0 Å². The number of aryl methyl sites for hydroxylation is 1. The van der Waals surface area contributed by atoms with E-state index in [-0.39, 0.29) is 6.04 Å². The summed E-state index contributed by atoms with van der Waals surface area (Å²) in [5, 5.41) is 12.2. The van der Waals surface area contributed by atoms with Crippen molar-refractivity contribution >= 4 is 0 Å². The molecule has 0 aliphatic heterocycles. The summed E-state index contributed by atoms with van der Waals surface area (Å²) in [5.41, 5.74) is 3.89. The lowest BCUT2D eigenvalue weighted by Crippen LogP contribution is -2.18. The summed E-state index contributed by atoms with van der Waals surface area (Å²) >= 11 is 0. The molecule has 5 heteroatoms. The summed E-state index contributed by atoms with van der Waals surface area (Å²) < 4.78 is 0. The normalized spacial score (nSPS) is 12.3. The van der Waals surface area contributed by atoms with Gasteiger partial charge in [-0.05, 0) is 37.7 Å². The fourth-order valence-electron chi connectivity index (χ4n) is 2.23. The van der Waals surface area contributed by atoms with Crippen molar-refractivity contribution in [2.75, 3.05) is 7.05 Å². The van der Waals surface area contributed by atoms with Crippen LogP contribution in [0.25, 0.3) is 5.69 Å². The predicted octanol–water partition coefficient (Wildman–Crippen LogP) is 2.28. The summed E-state index contributed by atoms with van der Waals surface area (Å²) in [7, 11) is 1.91. The maximum absolute atomic E-state index is 4.57. The zero-order chi connectivity index (χ0) is 14.7. The minimum absolute atomic E-state index is 0.0180. The molecule has 0 saturated heterocycles. The van der Waals surface area contributed by atoms with Crippen molar-refractivity contribution in [3.05, 3.63) is 71.8 Å². The summed E-state index contributed by atoms with van der Waals surface area (Å²) in [5.74, 6) is 0. The van der Waals surface area contributed by atoms with E-state index in [9.17, 15) is 0 Å². The molecule has 106 valence electrons. The SMILES string of the molecule is CNC(c1ccc(C)nc1)c1cnn(-c2ccccc2)n1. The molecule has 0 aliphatic carbocycles. The van der Waals surface area contributed by atoms with Gasteiger partial charge in [-0.15, -0.1) is 0 Å². The number of nitrogens with one attached hydrogen (secondary N) is 1. The van der Waals surface area contributed by atoms with Gasteiger partial charge in [0.15, 0.2) is 0 Å². The van der Waals surface area contributed by atoms with E-state index < -0.39 is 0 Å². The van der Waals surface area contributed by atoms with E-state index in [0.717, 1.165) is 22.6 Å². The molecule has 0 spiro atoms. The standard InChI is InChI=1S/C16H17N5/c1-12-8-9-13(10-18-12)16(17-2)15-11-19-21(20-15)14-6-4-3-5-7-14/h3-11,16-17H,1-2H3. The Balaban J connectivity index is 1.92. The lowest BCUT2D eigenvalue weighted by molar-refractivity contribution is 0.647. The van der Waals surface area contributed by atoms with E-state index >= 15 is 0 Å². The van der Waals surface area contributed by atoms with E-state index in [4.69, 9.17) is 0 Å². The van der Waals surface area contributed by atoms with Crippen LogP contribution in [0, 0.1) is 6.92 Å². The molecule has 0 amide bonds. The van der Waals surface area contributed by atoms with E-state index in [1.165, 1.54) is 0 Å². The number of rotatable bonds is 4. The van der Waals surface area contributed by atoms with Crippen molar-refractivity contribution in [1.29, 1.82) is 0 Å². The van der Waals surface area contributed by atoms with Gasteiger partial charge in [0.2, 0.25) is 0 Å². The van der Waals surface area contributed by atoms with Gasteiger partial charge in [0.1, 0.15) is 5.69 Å². The average Bonchev–Trinajstić information content (AvgIpc) is 3.00. The summed E-state index contributed by atoms with van der Waals surface area (Å²) in [6.07, 6.45) is 3.66. The average molecular weight is 279 g/mol. The molecule has 1 atom stereocenters. The second-order valence-corrected chi connectivity index (χ2v) is 4.85. The van der Waals surface area contributed by atoms with Crippen LogP contribution in [0.15, 0.2) is 54.9 Å². The topological polar surface area (TPSA) is 55.6 Å². The van der Waals surface area contributed by atoms with Crippen LogP contribution in [0.3, 0.4) is 0 Å². The highest BCUT2D eigenvalue weighted by molar-refractivity contribution is 5.30. The monoisotopic (exact) mass is 279 g/mol. The molecule has 0 saturated carbocycles. The molecular formula is C16H17N5. The lowest BCUT2D eigenvalue weighted by Gasteiger charge is -2.13. The van der Waals surface area contributed by atoms with E-state index in [2.05, 4.69) is 26.6 Å². The Hall–Kier alpha value is -2.53. The Morgan fingerprint density at radius 1 is 1.05 bits per heavy atom. The number of nitrogens with zero attached hydrogens (tertiary/aromatic N) is 4. The summed E-state index contributed by atoms with van der Waals surface area (Å²) in [6, 6.07) is 13.9. The van der Waals surface area contributed by atoms with Crippen LogP contribution in [0.1, 0.15) is 23.0 Å². The minimum Gasteiger partial charge on any atom is -0.308 e. The van der Waals surface area contributed by atoms with Crippen molar-refractivity contribution < 1.29 is 0 Å². The third-order valence-electron chi connectivity index (χ3n) is 3.35. The van der Waals surface area contributed by atoms with Gasteiger partial charge in [0, 0.05) is 11.9 Å². The van der Waals surface area contributed by atoms with Crippen molar-refractivity contribution in [1.82, 2.24) is 25.3 Å². The Bertz CT molecular complexity index is 703. The quantitative estimate of drug-likeness (QED) is 0.796. The van der Waals surface area contributed by atoms with Crippen LogP contribution < -0.4 is 5.32 Å². The zero-order valence-corrected chi connectivity index (χ0v) is 12.1. The first-order valence-electron chi connectivity index (χ1n) is 6.85. The lowest BCUT2D eigenvalue weighted by atomic mass is 10.1. The fourth-order valence-corrected chi connectivity index (χ4v) is 2.23. The Morgan fingerprint density at radius 2 is 1.86 bits per heavy atom. The van der Waals surface area contributed by atoms with Gasteiger partial charge in [-0.25, -0.2) is 0 Å². The second kappa shape index (κ2) is 5.85. The molecule has 0 bridgehead atoms. The van der Waals surface area contributed by atoms with Crippen molar-refractivity contribution in [2.45, 2.75) is 13.0 Å². The molecule has 2 heterocycles. The summed E-state index contributed by atoms with van der Waals surface area (Å²) in [6.45, 7) is 1.98. The highest BCUT2D eigenvalue weighted by Crippen LogP contribution is 2.19. The van der Waals surface area contributed by atoms with Crippen LogP contribution in [-0.2, 0) is 0 Å². The first kappa shape index (κ1) is 13.5. The van der Waals surface area contributed by atoms with E-state index in [0.29, 0.717) is 0 Å². The molecular weight excluding hydrogens is 262 g/mol. The van der Waals surface area contributed by atoms with Crippen LogP contribution in [0.5, 0.6) is 0 Å². The zero-order valence-electron chi connectivity index (χ0n) is 12.1. The van der Waals surface area contributed by atoms with E-state index in [1.807, 2.05) is 56.6 Å². The first-order chi connectivity index (χ1) is 10.3. The van der Waals surface area contributed by atoms with Gasteiger partial charge in [-0.3, -0.25) is 4.98 Å². The third-order valence-corrected chi connectivity index (χ3v) is 3.35. The van der Waals surface area contributed by atoms with Gasteiger partial charge in [0.25, 0.3) is 0 Å². The molecule has 2 aromatic heterocycles. The minimum atomic E-state index is -0.0180. The molecule has 3 aromatic rings. The van der Waals surface area contributed by atoms with Gasteiger partial charge in [-0.1, -0.05) is 24.3 Å². The van der Waals surface area contributed by atoms with Gasteiger partial charge >= 0.3 is 0 Å². The van der Waals surface area contributed by atoms with Crippen molar-refractivity contribution in [3.8, 4) is 5.69 Å². The van der Waals surface area contributed by atoms with E-state index in [1.54, 1.807) is 11.0 Å².